The summed E-state index contributed by atoms with van der Waals surface area (Å²) in [5, 5.41) is 7.00. The molecule has 1 N–H and O–H groups in total. The van der Waals surface area contributed by atoms with Crippen LogP contribution in [0.3, 0.4) is 0 Å². The minimum absolute atomic E-state index is 0.249. The fourth-order valence-corrected chi connectivity index (χ4v) is 2.73. The van der Waals surface area contributed by atoms with Crippen LogP contribution in [-0.2, 0) is 0 Å². The molecule has 0 aliphatic rings. The number of hydrazone groups is 1. The van der Waals surface area contributed by atoms with E-state index in [-0.39, 0.29) is 5.82 Å². The van der Waals surface area contributed by atoms with Crippen molar-refractivity contribution in [1.82, 2.24) is 4.98 Å². The van der Waals surface area contributed by atoms with E-state index >= 15 is 0 Å². The molecule has 116 valence electrons. The molecule has 0 saturated carbocycles. The van der Waals surface area contributed by atoms with Crippen molar-refractivity contribution in [1.29, 1.82) is 0 Å². The Morgan fingerprint density at radius 3 is 2.48 bits per heavy atom. The van der Waals surface area contributed by atoms with Crippen molar-refractivity contribution in [3.05, 3.63) is 70.9 Å². The molecule has 5 heteroatoms. The summed E-state index contributed by atoms with van der Waals surface area (Å²) < 4.78 is 13.0. The van der Waals surface area contributed by atoms with Crippen LogP contribution in [0.1, 0.15) is 18.1 Å². The first-order chi connectivity index (χ1) is 11.1. The zero-order chi connectivity index (χ0) is 16.2. The van der Waals surface area contributed by atoms with Gasteiger partial charge in [0.05, 0.1) is 11.4 Å². The molecule has 0 aliphatic heterocycles. The summed E-state index contributed by atoms with van der Waals surface area (Å²) in [7, 11) is 0. The van der Waals surface area contributed by atoms with Crippen LogP contribution < -0.4 is 5.43 Å². The number of hydrogen-bond donors (Lipinski definition) is 1. The Morgan fingerprint density at radius 2 is 1.78 bits per heavy atom. The van der Waals surface area contributed by atoms with Crippen molar-refractivity contribution in [2.45, 2.75) is 13.8 Å². The Balaban J connectivity index is 1.72. The van der Waals surface area contributed by atoms with Crippen LogP contribution in [0.5, 0.6) is 0 Å². The molecule has 0 atom stereocenters. The second kappa shape index (κ2) is 6.71. The number of aromatic nitrogens is 1. The molecule has 0 saturated heterocycles. The number of thiazole rings is 1. The first-order valence-corrected chi connectivity index (χ1v) is 8.08. The highest BCUT2D eigenvalue weighted by Gasteiger charge is 2.04. The number of rotatable bonds is 4. The second-order valence-corrected chi connectivity index (χ2v) is 6.08. The van der Waals surface area contributed by atoms with E-state index in [0.29, 0.717) is 5.13 Å². The van der Waals surface area contributed by atoms with Gasteiger partial charge in [-0.25, -0.2) is 9.37 Å². The zero-order valence-corrected chi connectivity index (χ0v) is 13.7. The minimum Gasteiger partial charge on any atom is -0.252 e. The van der Waals surface area contributed by atoms with Gasteiger partial charge in [-0.1, -0.05) is 29.8 Å². The average molecular weight is 325 g/mol. The Kier molecular flexibility index (Phi) is 4.48. The van der Waals surface area contributed by atoms with E-state index in [4.69, 9.17) is 0 Å². The van der Waals surface area contributed by atoms with Gasteiger partial charge in [0.2, 0.25) is 5.13 Å². The van der Waals surface area contributed by atoms with Crippen LogP contribution in [0.25, 0.3) is 11.3 Å². The summed E-state index contributed by atoms with van der Waals surface area (Å²) in [5.41, 5.74) is 7.85. The lowest BCUT2D eigenvalue weighted by Crippen LogP contribution is -1.99. The van der Waals surface area contributed by atoms with Crippen molar-refractivity contribution >= 4 is 22.2 Å². The van der Waals surface area contributed by atoms with E-state index in [1.54, 1.807) is 12.1 Å². The van der Waals surface area contributed by atoms with E-state index in [1.165, 1.54) is 29.0 Å². The predicted molar refractivity (Wildman–Crippen MR) is 94.5 cm³/mol. The smallest absolute Gasteiger partial charge is 0.203 e. The first-order valence-electron chi connectivity index (χ1n) is 7.20. The molecular formula is C18H16FN3S. The predicted octanol–water partition coefficient (Wildman–Crippen LogP) is 5.09. The lowest BCUT2D eigenvalue weighted by atomic mass is 10.1. The van der Waals surface area contributed by atoms with Crippen molar-refractivity contribution in [2.75, 3.05) is 5.43 Å². The molecule has 0 bridgehead atoms. The van der Waals surface area contributed by atoms with Crippen molar-refractivity contribution in [3.8, 4) is 11.3 Å². The minimum atomic E-state index is -0.249. The molecule has 3 aromatic rings. The van der Waals surface area contributed by atoms with Gasteiger partial charge in [-0.3, -0.25) is 5.43 Å². The largest absolute Gasteiger partial charge is 0.252 e. The molecule has 0 radical (unpaired) electrons. The normalized spacial score (nSPS) is 11.5. The summed E-state index contributed by atoms with van der Waals surface area (Å²) in [6.45, 7) is 4.01. The van der Waals surface area contributed by atoms with E-state index in [9.17, 15) is 4.39 Å². The number of nitrogens with one attached hydrogen (secondary N) is 1. The number of nitrogens with zero attached hydrogens (tertiary/aromatic N) is 2. The van der Waals surface area contributed by atoms with E-state index in [0.717, 1.165) is 22.5 Å². The van der Waals surface area contributed by atoms with Gasteiger partial charge in [-0.15, -0.1) is 11.3 Å². The number of benzene rings is 2. The second-order valence-electron chi connectivity index (χ2n) is 5.22. The van der Waals surface area contributed by atoms with Gasteiger partial charge < -0.3 is 0 Å². The first kappa shape index (κ1) is 15.4. The fourth-order valence-electron chi connectivity index (χ4n) is 2.07. The van der Waals surface area contributed by atoms with Gasteiger partial charge in [0.1, 0.15) is 5.82 Å². The van der Waals surface area contributed by atoms with Gasteiger partial charge in [0.15, 0.2) is 0 Å². The number of anilines is 1. The molecule has 3 nitrogen and oxygen atoms in total. The third-order valence-electron chi connectivity index (χ3n) is 3.43. The maximum atomic E-state index is 13.0. The van der Waals surface area contributed by atoms with Gasteiger partial charge in [-0.05, 0) is 43.7 Å². The standard InChI is InChI=1S/C18H16FN3S/c1-12-3-5-14(6-4-12)13(2)21-22-18-20-17(11-23-18)15-7-9-16(19)10-8-15/h3-11H,1-2H3,(H,20,22)/b21-13-. The van der Waals surface area contributed by atoms with E-state index in [2.05, 4.69) is 34.6 Å². The molecule has 1 heterocycles. The third kappa shape index (κ3) is 3.81. The maximum absolute atomic E-state index is 13.0. The van der Waals surface area contributed by atoms with Gasteiger partial charge in [-0.2, -0.15) is 5.10 Å². The summed E-state index contributed by atoms with van der Waals surface area (Å²) in [4.78, 5) is 4.47. The SMILES string of the molecule is C/C(=N/Nc1nc(-c2ccc(F)cc2)cs1)c1ccc(C)cc1. The van der Waals surface area contributed by atoms with Crippen LogP contribution in [0.15, 0.2) is 59.0 Å². The topological polar surface area (TPSA) is 37.3 Å². The molecular weight excluding hydrogens is 309 g/mol. The van der Waals surface area contributed by atoms with Gasteiger partial charge in [0, 0.05) is 10.9 Å². The Hall–Kier alpha value is -2.53. The molecule has 2 aromatic carbocycles. The summed E-state index contributed by atoms with van der Waals surface area (Å²) in [5.74, 6) is -0.249. The number of hydrogen-bond acceptors (Lipinski definition) is 4. The Bertz CT molecular complexity index is 820. The highest BCUT2D eigenvalue weighted by atomic mass is 32.1. The van der Waals surface area contributed by atoms with Crippen molar-refractivity contribution in [2.24, 2.45) is 5.10 Å². The van der Waals surface area contributed by atoms with Crippen LogP contribution >= 0.6 is 11.3 Å². The lowest BCUT2D eigenvalue weighted by Gasteiger charge is -2.02. The quantitative estimate of drug-likeness (QED) is 0.535. The maximum Gasteiger partial charge on any atom is 0.203 e. The average Bonchev–Trinajstić information content (AvgIpc) is 3.03. The Labute approximate surface area is 138 Å². The zero-order valence-electron chi connectivity index (χ0n) is 12.9. The van der Waals surface area contributed by atoms with Crippen molar-refractivity contribution < 1.29 is 4.39 Å². The molecule has 1 aromatic heterocycles. The van der Waals surface area contributed by atoms with Crippen LogP contribution in [0.2, 0.25) is 0 Å². The van der Waals surface area contributed by atoms with Gasteiger partial charge >= 0.3 is 0 Å². The van der Waals surface area contributed by atoms with Gasteiger partial charge in [0.25, 0.3) is 0 Å². The van der Waals surface area contributed by atoms with E-state index in [1.807, 2.05) is 24.4 Å². The molecule has 0 unspecified atom stereocenters. The van der Waals surface area contributed by atoms with Crippen molar-refractivity contribution in [3.63, 3.8) is 0 Å². The van der Waals surface area contributed by atoms with Crippen LogP contribution in [0.4, 0.5) is 9.52 Å². The number of halogens is 1. The summed E-state index contributed by atoms with van der Waals surface area (Å²) in [6.07, 6.45) is 0. The monoisotopic (exact) mass is 325 g/mol. The third-order valence-corrected chi connectivity index (χ3v) is 4.18. The molecule has 0 aliphatic carbocycles. The lowest BCUT2D eigenvalue weighted by molar-refractivity contribution is 0.628. The Morgan fingerprint density at radius 1 is 1.09 bits per heavy atom. The van der Waals surface area contributed by atoms with E-state index < -0.39 is 0 Å². The summed E-state index contributed by atoms with van der Waals surface area (Å²) in [6, 6.07) is 14.5. The molecule has 3 rings (SSSR count). The fraction of sp³-hybridized carbons (Fsp3) is 0.111. The molecule has 0 amide bonds. The molecule has 23 heavy (non-hydrogen) atoms. The number of aryl methyl sites for hydroxylation is 1. The summed E-state index contributed by atoms with van der Waals surface area (Å²) >= 11 is 1.47. The van der Waals surface area contributed by atoms with Crippen LogP contribution in [0, 0.1) is 12.7 Å². The highest BCUT2D eigenvalue weighted by molar-refractivity contribution is 7.14. The van der Waals surface area contributed by atoms with Crippen LogP contribution in [-0.4, -0.2) is 10.7 Å². The highest BCUT2D eigenvalue weighted by Crippen LogP contribution is 2.25. The molecule has 0 fully saturated rings. The molecule has 0 spiro atoms.